The maximum absolute atomic E-state index is 13.7. The van der Waals surface area contributed by atoms with Crippen LogP contribution in [0.5, 0.6) is 0 Å². The van der Waals surface area contributed by atoms with Crippen molar-refractivity contribution in [2.75, 3.05) is 21.1 Å². The van der Waals surface area contributed by atoms with Gasteiger partial charge in [-0.05, 0) is 80.1 Å². The molecule has 2 unspecified atom stereocenters. The molecule has 0 fully saturated rings. The number of hydrogen-bond donors (Lipinski definition) is 0. The number of nitrogens with zero attached hydrogens (tertiary/aromatic N) is 2. The Morgan fingerprint density at radius 2 is 1.10 bits per heavy atom. The molecule has 0 N–H and O–H groups in total. The third-order valence-corrected chi connectivity index (χ3v) is 10.5. The van der Waals surface area contributed by atoms with Gasteiger partial charge in [-0.1, -0.05) is 0 Å². The molecule has 4 rings (SSSR count). The third kappa shape index (κ3) is 3.64. The maximum atomic E-state index is 13.7. The Morgan fingerprint density at radius 1 is 0.742 bits per heavy atom. The fraction of sp³-hybridized carbons (Fsp3) is 0.381. The lowest BCUT2D eigenvalue weighted by Gasteiger charge is -2.22. The Kier molecular flexibility index (Phi) is 4.99. The van der Waals surface area contributed by atoms with Gasteiger partial charge >= 0.3 is 0 Å². The minimum Gasteiger partial charge on any atom is -0.267 e. The molecule has 2 aromatic rings. The molecular formula is C21H26N2O5S3. The summed E-state index contributed by atoms with van der Waals surface area (Å²) in [7, 11) is -9.66. The molecule has 2 aliphatic heterocycles. The summed E-state index contributed by atoms with van der Waals surface area (Å²) in [4.78, 5) is 1.06. The number of fused-ring (bicyclic) bond motifs is 2. The number of rotatable bonds is 4. The molecule has 31 heavy (non-hydrogen) atoms. The van der Waals surface area contributed by atoms with Crippen LogP contribution in [0.15, 0.2) is 46.2 Å². The summed E-state index contributed by atoms with van der Waals surface area (Å²) in [5, 5.41) is 0. The van der Waals surface area contributed by atoms with Gasteiger partial charge in [0.05, 0.1) is 23.9 Å². The summed E-state index contributed by atoms with van der Waals surface area (Å²) in [5.74, 6) is 4.00. The van der Waals surface area contributed by atoms with Crippen molar-refractivity contribution in [3.05, 3.63) is 47.5 Å². The topological polar surface area (TPSA) is 91.8 Å². The van der Waals surface area contributed by atoms with E-state index in [1.165, 1.54) is 21.1 Å². The van der Waals surface area contributed by atoms with E-state index in [-0.39, 0.29) is 12.1 Å². The van der Waals surface area contributed by atoms with Crippen molar-refractivity contribution in [3.63, 3.8) is 0 Å². The Hall–Kier alpha value is -2.04. The highest BCUT2D eigenvalue weighted by atomic mass is 32.2. The first-order chi connectivity index (χ1) is 14.2. The van der Waals surface area contributed by atoms with Crippen LogP contribution in [0.3, 0.4) is 0 Å². The van der Waals surface area contributed by atoms with E-state index in [2.05, 4.69) is 5.87 Å². The van der Waals surface area contributed by atoms with Crippen LogP contribution >= 0.6 is 0 Å². The van der Waals surface area contributed by atoms with E-state index in [1.54, 1.807) is 36.4 Å². The normalized spacial score (nSPS) is 22.8. The van der Waals surface area contributed by atoms with Gasteiger partial charge in [0.15, 0.2) is 0 Å². The van der Waals surface area contributed by atoms with Crippen LogP contribution in [-0.4, -0.2) is 51.5 Å². The minimum absolute atomic E-state index is 0.204. The van der Waals surface area contributed by atoms with Crippen LogP contribution in [0.1, 0.15) is 25.0 Å². The molecule has 0 spiro atoms. The fourth-order valence-corrected chi connectivity index (χ4v) is 8.76. The zero-order valence-corrected chi connectivity index (χ0v) is 20.4. The van der Waals surface area contributed by atoms with Gasteiger partial charge in [0.1, 0.15) is 0 Å². The zero-order valence-electron chi connectivity index (χ0n) is 17.9. The highest BCUT2D eigenvalue weighted by Gasteiger charge is 2.34. The second-order valence-corrected chi connectivity index (χ2v) is 14.5. The molecule has 0 aromatic heterocycles. The Balaban J connectivity index is 1.75. The average Bonchev–Trinajstić information content (AvgIpc) is 3.14. The van der Waals surface area contributed by atoms with Crippen LogP contribution in [0.2, 0.25) is 0 Å². The molecule has 10 heteroatoms. The summed E-state index contributed by atoms with van der Waals surface area (Å²) in [6.07, 6.45) is 3.44. The number of sulfonamides is 2. The van der Waals surface area contributed by atoms with Crippen molar-refractivity contribution in [3.8, 4) is 0 Å². The van der Waals surface area contributed by atoms with Gasteiger partial charge in [-0.3, -0.25) is 12.8 Å². The predicted octanol–water partition coefficient (Wildman–Crippen LogP) is 2.24. The van der Waals surface area contributed by atoms with Crippen LogP contribution in [0.4, 0.5) is 11.4 Å². The summed E-state index contributed by atoms with van der Waals surface area (Å²) in [6, 6.07) is 9.89. The summed E-state index contributed by atoms with van der Waals surface area (Å²) in [6.45, 7) is 3.69. The van der Waals surface area contributed by atoms with E-state index in [1.807, 2.05) is 13.8 Å². The van der Waals surface area contributed by atoms with Crippen LogP contribution in [0, 0.1) is 0 Å². The molecular weight excluding hydrogens is 456 g/mol. The van der Waals surface area contributed by atoms with Gasteiger partial charge in [-0.15, -0.1) is 0 Å². The van der Waals surface area contributed by atoms with Crippen LogP contribution < -0.4 is 8.61 Å². The van der Waals surface area contributed by atoms with E-state index >= 15 is 0 Å². The maximum Gasteiger partial charge on any atom is 0.232 e. The minimum atomic E-state index is -3.40. The molecule has 168 valence electrons. The van der Waals surface area contributed by atoms with Gasteiger partial charge in [-0.2, -0.15) is 0 Å². The molecule has 0 saturated carbocycles. The van der Waals surface area contributed by atoms with Crippen molar-refractivity contribution in [2.45, 2.75) is 48.6 Å². The van der Waals surface area contributed by atoms with Crippen molar-refractivity contribution >= 4 is 46.8 Å². The third-order valence-electron chi connectivity index (χ3n) is 5.88. The SMILES string of the molecule is C=S(=O)(c1ccc2c(c1)CC(C)N2S(C)(=O)=O)c1ccc2c(c1)CC(C)N2S(C)(=O)=O. The molecule has 0 amide bonds. The lowest BCUT2D eigenvalue weighted by Crippen LogP contribution is -2.34. The lowest BCUT2D eigenvalue weighted by molar-refractivity contribution is 0.588. The molecule has 2 aromatic carbocycles. The van der Waals surface area contributed by atoms with E-state index in [4.69, 9.17) is 0 Å². The first-order valence-corrected chi connectivity index (χ1v) is 15.3. The summed E-state index contributed by atoms with van der Waals surface area (Å²) in [5.41, 5.74) is 2.87. The van der Waals surface area contributed by atoms with Crippen molar-refractivity contribution in [1.29, 1.82) is 0 Å². The van der Waals surface area contributed by atoms with Crippen molar-refractivity contribution in [2.24, 2.45) is 0 Å². The predicted molar refractivity (Wildman–Crippen MR) is 126 cm³/mol. The zero-order chi connectivity index (χ0) is 22.9. The molecule has 0 aliphatic carbocycles. The Labute approximate surface area is 184 Å². The quantitative estimate of drug-likeness (QED) is 0.624. The number of hydrogen-bond acceptors (Lipinski definition) is 5. The molecule has 0 bridgehead atoms. The lowest BCUT2D eigenvalue weighted by atomic mass is 10.1. The standard InChI is InChI=1S/C21H26N2O5S3/c1-14-10-16-12-18(6-8-20(16)22(14)30(4,25)26)29(3,24)19-7-9-21-17(13-19)11-15(2)23(21)31(5,27)28/h6-9,12-15H,3,10-11H2,1-2,4-5H3. The first kappa shape index (κ1) is 22.2. The largest absolute Gasteiger partial charge is 0.267 e. The molecule has 7 nitrogen and oxygen atoms in total. The Bertz CT molecular complexity index is 1290. The second kappa shape index (κ2) is 6.98. The van der Waals surface area contributed by atoms with E-state index in [0.717, 1.165) is 11.1 Å². The molecule has 2 aliphatic rings. The van der Waals surface area contributed by atoms with E-state index < -0.39 is 29.6 Å². The van der Waals surface area contributed by atoms with Crippen LogP contribution in [-0.2, 0) is 42.4 Å². The van der Waals surface area contributed by atoms with E-state index in [9.17, 15) is 21.0 Å². The average molecular weight is 483 g/mol. The fourth-order valence-electron chi connectivity index (χ4n) is 4.72. The monoisotopic (exact) mass is 482 g/mol. The number of anilines is 2. The summed E-state index contributed by atoms with van der Waals surface area (Å²) >= 11 is 0. The van der Waals surface area contributed by atoms with Gasteiger partial charge in [-0.25, -0.2) is 16.8 Å². The highest BCUT2D eigenvalue weighted by Crippen LogP contribution is 2.39. The first-order valence-electron chi connectivity index (χ1n) is 9.83. The van der Waals surface area contributed by atoms with Gasteiger partial charge in [0.25, 0.3) is 0 Å². The van der Waals surface area contributed by atoms with Gasteiger partial charge in [0.2, 0.25) is 20.0 Å². The smallest absolute Gasteiger partial charge is 0.232 e. The second-order valence-electron chi connectivity index (χ2n) is 8.48. The number of benzene rings is 2. The summed E-state index contributed by atoms with van der Waals surface area (Å²) < 4.78 is 65.1. The molecule has 2 heterocycles. The van der Waals surface area contributed by atoms with Crippen LogP contribution in [0.25, 0.3) is 0 Å². The Morgan fingerprint density at radius 3 is 1.42 bits per heavy atom. The van der Waals surface area contributed by atoms with Crippen molar-refractivity contribution < 1.29 is 21.0 Å². The van der Waals surface area contributed by atoms with Crippen molar-refractivity contribution in [1.82, 2.24) is 0 Å². The molecule has 2 atom stereocenters. The molecule has 0 saturated heterocycles. The molecule has 0 radical (unpaired) electrons. The van der Waals surface area contributed by atoms with Gasteiger partial charge < -0.3 is 0 Å². The van der Waals surface area contributed by atoms with Gasteiger partial charge in [0, 0.05) is 31.4 Å². The van der Waals surface area contributed by atoms with E-state index in [0.29, 0.717) is 34.0 Å². The highest BCUT2D eigenvalue weighted by molar-refractivity contribution is 8.00.